The average Bonchev–Trinajstić information content (AvgIpc) is 1.59. The Labute approximate surface area is 78.9 Å². The van der Waals surface area contributed by atoms with Crippen LogP contribution in [0.2, 0.25) is 0 Å². The first-order valence-electron chi connectivity index (χ1n) is 2.62. The topological polar surface area (TPSA) is 9.23 Å². The van der Waals surface area contributed by atoms with Crippen molar-refractivity contribution < 1.29 is 14.0 Å². The Hall–Kier alpha value is 2.11. The molecule has 5 heteroatoms. The van der Waals surface area contributed by atoms with Crippen LogP contribution >= 0.6 is 39.5 Å². The van der Waals surface area contributed by atoms with E-state index in [1.54, 1.807) is 0 Å². The maximum absolute atomic E-state index is 5.43. The summed E-state index contributed by atoms with van der Waals surface area (Å²) in [5, 5.41) is 0. The van der Waals surface area contributed by atoms with E-state index < -0.39 is 10.7 Å². The quantitative estimate of drug-likeness (QED) is 0.698. The van der Waals surface area contributed by atoms with Gasteiger partial charge in [-0.15, -0.1) is 0 Å². The van der Waals surface area contributed by atoms with Crippen molar-refractivity contribution in [2.45, 2.75) is 13.8 Å². The predicted molar refractivity (Wildman–Crippen MR) is 47.6 cm³/mol. The molecule has 0 saturated carbocycles. The van der Waals surface area contributed by atoms with Gasteiger partial charge in [-0.05, 0) is 0 Å². The van der Waals surface area contributed by atoms with Gasteiger partial charge in [0.25, 0.3) is 0 Å². The van der Waals surface area contributed by atoms with Crippen LogP contribution in [0, 0.1) is 5.92 Å². The Morgan fingerprint density at radius 3 is 1.89 bits per heavy atom. The van der Waals surface area contributed by atoms with E-state index in [0.29, 0.717) is 5.92 Å². The minimum absolute atomic E-state index is 0.600. The second kappa shape index (κ2) is 4.89. The summed E-state index contributed by atoms with van der Waals surface area (Å²) in [6.45, 7) is 5.06. The fourth-order valence-corrected chi connectivity index (χ4v) is 2.71. The van der Waals surface area contributed by atoms with Gasteiger partial charge >= 0.3 is 79.9 Å². The van der Waals surface area contributed by atoms with Crippen molar-refractivity contribution in [2.75, 3.05) is 6.61 Å². The Bertz CT molecular complexity index is 80.4. The fourth-order valence-electron chi connectivity index (χ4n) is 0.261. The third-order valence-electron chi connectivity index (χ3n) is 0.580. The second-order valence-electron chi connectivity index (χ2n) is 2.15. The Morgan fingerprint density at radius 2 is 1.78 bits per heavy atom. The van der Waals surface area contributed by atoms with E-state index in [-0.39, 0.29) is 0 Å². The molecule has 0 fully saturated rings. The molecule has 0 aliphatic carbocycles. The molecule has 0 bridgehead atoms. The third kappa shape index (κ3) is 10.1. The maximum atomic E-state index is 5.43. The summed E-state index contributed by atoms with van der Waals surface area (Å²) in [4.78, 5) is 0. The summed E-state index contributed by atoms with van der Waals surface area (Å²) < 4.78 is 5.43. The molecule has 0 unspecified atom stereocenters. The Balaban J connectivity index is 3.28. The summed E-state index contributed by atoms with van der Waals surface area (Å²) >= 11 is 10.2. The molecule has 0 heterocycles. The van der Waals surface area contributed by atoms with Gasteiger partial charge in [-0.25, -0.2) is 0 Å². The summed E-state index contributed by atoms with van der Waals surface area (Å²) in [7, 11) is -2.22. The van der Waals surface area contributed by atoms with Crippen LogP contribution in [-0.4, -0.2) is 6.61 Å². The van der Waals surface area contributed by atoms with Crippen molar-refractivity contribution in [3.63, 3.8) is 0 Å². The number of halogens is 3. The van der Waals surface area contributed by atoms with Crippen LogP contribution in [0.4, 0.5) is 0 Å². The van der Waals surface area contributed by atoms with Crippen LogP contribution in [0.3, 0.4) is 0 Å². The SMILES string of the molecule is CC(C)C[O][Ti]([Br])([Br])[Br]. The van der Waals surface area contributed by atoms with Crippen molar-refractivity contribution in [1.82, 2.24) is 0 Å². The molecule has 1 nitrogen and oxygen atoms in total. The molecule has 0 saturated heterocycles. The van der Waals surface area contributed by atoms with Crippen molar-refractivity contribution in [2.24, 2.45) is 5.92 Å². The molecule has 56 valence electrons. The van der Waals surface area contributed by atoms with Gasteiger partial charge < -0.3 is 0 Å². The van der Waals surface area contributed by atoms with Crippen molar-refractivity contribution in [3.05, 3.63) is 0 Å². The van der Waals surface area contributed by atoms with Crippen LogP contribution < -0.4 is 0 Å². The van der Waals surface area contributed by atoms with Gasteiger partial charge in [0.15, 0.2) is 0 Å². The standard InChI is InChI=1S/C4H9O.3BrH.Ti/c1-4(2)3-5;;;;/h4H,3H2,1-2H3;3*1H;/q-1;;;;+4/p-3. The molecule has 0 aromatic carbocycles. The van der Waals surface area contributed by atoms with E-state index in [4.69, 9.17) is 3.32 Å². The zero-order valence-electron chi connectivity index (χ0n) is 5.33. The average molecular weight is 361 g/mol. The van der Waals surface area contributed by atoms with Crippen LogP contribution in [0.15, 0.2) is 0 Å². The van der Waals surface area contributed by atoms with Gasteiger partial charge in [0.2, 0.25) is 0 Å². The molecule has 0 radical (unpaired) electrons. The first-order valence-corrected chi connectivity index (χ1v) is 14.8. The van der Waals surface area contributed by atoms with E-state index in [2.05, 4.69) is 53.3 Å². The monoisotopic (exact) mass is 358 g/mol. The first kappa shape index (κ1) is 11.1. The number of hydrogen-bond acceptors (Lipinski definition) is 1. The van der Waals surface area contributed by atoms with Crippen molar-refractivity contribution >= 4 is 39.5 Å². The predicted octanol–water partition coefficient (Wildman–Crippen LogP) is 3.66. The minimum atomic E-state index is -2.22. The van der Waals surface area contributed by atoms with E-state index in [0.717, 1.165) is 6.61 Å². The van der Waals surface area contributed by atoms with Crippen LogP contribution in [-0.2, 0) is 14.0 Å². The molecule has 9 heavy (non-hydrogen) atoms. The molecule has 0 aliphatic rings. The van der Waals surface area contributed by atoms with Crippen LogP contribution in [0.1, 0.15) is 13.8 Å². The van der Waals surface area contributed by atoms with E-state index in [9.17, 15) is 0 Å². The summed E-state index contributed by atoms with van der Waals surface area (Å²) in [5.74, 6) is 0.600. The van der Waals surface area contributed by atoms with Gasteiger partial charge in [-0.3, -0.25) is 0 Å². The van der Waals surface area contributed by atoms with Crippen LogP contribution in [0.5, 0.6) is 0 Å². The number of hydrogen-bond donors (Lipinski definition) is 0. The fraction of sp³-hybridized carbons (Fsp3) is 1.00. The van der Waals surface area contributed by atoms with Crippen molar-refractivity contribution in [3.8, 4) is 0 Å². The molecule has 0 atom stereocenters. The zero-order valence-corrected chi connectivity index (χ0v) is 11.6. The molecule has 0 rings (SSSR count). The van der Waals surface area contributed by atoms with Gasteiger partial charge in [-0.1, -0.05) is 0 Å². The van der Waals surface area contributed by atoms with Crippen molar-refractivity contribution in [1.29, 1.82) is 0 Å². The zero-order chi connectivity index (χ0) is 7.49. The molecule has 0 N–H and O–H groups in total. The molecule has 0 aromatic rings. The van der Waals surface area contributed by atoms with Gasteiger partial charge in [0.1, 0.15) is 0 Å². The first-order chi connectivity index (χ1) is 3.92. The molecule has 0 aromatic heterocycles. The van der Waals surface area contributed by atoms with Gasteiger partial charge in [0, 0.05) is 0 Å². The summed E-state index contributed by atoms with van der Waals surface area (Å²) in [6.07, 6.45) is 0. The van der Waals surface area contributed by atoms with Gasteiger partial charge in [0.05, 0.1) is 0 Å². The van der Waals surface area contributed by atoms with E-state index >= 15 is 0 Å². The molecular formula is C4H9Br3OTi. The Morgan fingerprint density at radius 1 is 1.33 bits per heavy atom. The number of rotatable bonds is 3. The third-order valence-corrected chi connectivity index (χ3v) is 4.18. The normalized spacial score (nSPS) is 12.7. The van der Waals surface area contributed by atoms with E-state index in [1.807, 2.05) is 0 Å². The van der Waals surface area contributed by atoms with Crippen LogP contribution in [0.25, 0.3) is 0 Å². The van der Waals surface area contributed by atoms with Gasteiger partial charge in [-0.2, -0.15) is 0 Å². The molecule has 0 aliphatic heterocycles. The second-order valence-corrected chi connectivity index (χ2v) is 31.0. The Kier molecular flexibility index (Phi) is 6.03. The molecule has 0 amide bonds. The summed E-state index contributed by atoms with van der Waals surface area (Å²) in [6, 6.07) is 0. The molecule has 0 spiro atoms. The summed E-state index contributed by atoms with van der Waals surface area (Å²) in [5.41, 5.74) is 0. The molecular weight excluding hydrogens is 352 g/mol. The van der Waals surface area contributed by atoms with E-state index in [1.165, 1.54) is 0 Å².